The summed E-state index contributed by atoms with van der Waals surface area (Å²) in [6, 6.07) is 14.4. The lowest BCUT2D eigenvalue weighted by Gasteiger charge is -2.13. The van der Waals surface area contributed by atoms with E-state index >= 15 is 0 Å². The average molecular weight is 398 g/mol. The highest BCUT2D eigenvalue weighted by atomic mass is 32.1. The van der Waals surface area contributed by atoms with Crippen LogP contribution in [0, 0.1) is 6.92 Å². The second kappa shape index (κ2) is 10.3. The summed E-state index contributed by atoms with van der Waals surface area (Å²) in [4.78, 5) is 24.2. The van der Waals surface area contributed by atoms with Crippen LogP contribution >= 0.6 is 12.2 Å². The quantitative estimate of drug-likeness (QED) is 0.512. The molecule has 1 unspecified atom stereocenters. The molecule has 0 spiro atoms. The van der Waals surface area contributed by atoms with E-state index in [9.17, 15) is 9.59 Å². The molecule has 0 aromatic heterocycles. The van der Waals surface area contributed by atoms with Crippen molar-refractivity contribution in [1.82, 2.24) is 5.32 Å². The van der Waals surface area contributed by atoms with Crippen LogP contribution in [0.5, 0.6) is 0 Å². The van der Waals surface area contributed by atoms with Crippen molar-refractivity contribution in [2.24, 2.45) is 0 Å². The first-order valence-corrected chi connectivity index (χ1v) is 9.10. The molecule has 0 heterocycles. The zero-order chi connectivity index (χ0) is 20.5. The Morgan fingerprint density at radius 3 is 2.50 bits per heavy atom. The third-order valence-corrected chi connectivity index (χ3v) is 4.11. The number of ether oxygens (including phenoxy) is 1. The van der Waals surface area contributed by atoms with E-state index in [1.807, 2.05) is 44.2 Å². The van der Waals surface area contributed by atoms with Gasteiger partial charge >= 0.3 is 0 Å². The molecule has 7 heteroatoms. The Labute approximate surface area is 170 Å². The number of benzene rings is 2. The maximum atomic E-state index is 12.4. The highest BCUT2D eigenvalue weighted by Gasteiger charge is 2.09. The number of methoxy groups -OCH3 is 1. The standard InChI is InChI=1S/C21H23N3O3S/c1-14-9-11-17(22-21(28)24-19(25)12-10-15(2)27-3)13-18(14)23-20(26)16-7-5-4-6-8-16/h4-13,15H,1-3H3,(H,23,26)(H2,22,24,25,28)/b12-10+. The molecule has 2 rings (SSSR count). The van der Waals surface area contributed by atoms with Crippen LogP contribution in [0.25, 0.3) is 0 Å². The fourth-order valence-electron chi connectivity index (χ4n) is 2.24. The molecular formula is C21H23N3O3S. The molecule has 0 aliphatic rings. The number of amides is 2. The van der Waals surface area contributed by atoms with E-state index in [1.54, 1.807) is 31.4 Å². The molecule has 6 nitrogen and oxygen atoms in total. The Morgan fingerprint density at radius 2 is 1.82 bits per heavy atom. The first kappa shape index (κ1) is 21.3. The van der Waals surface area contributed by atoms with E-state index in [2.05, 4.69) is 16.0 Å². The number of thiocarbonyl (C=S) groups is 1. The van der Waals surface area contributed by atoms with Gasteiger partial charge in [0.15, 0.2) is 5.11 Å². The van der Waals surface area contributed by atoms with Gasteiger partial charge in [0.25, 0.3) is 5.91 Å². The van der Waals surface area contributed by atoms with Crippen molar-refractivity contribution >= 4 is 40.5 Å². The molecule has 3 N–H and O–H groups in total. The maximum absolute atomic E-state index is 12.4. The van der Waals surface area contributed by atoms with Gasteiger partial charge in [-0.25, -0.2) is 0 Å². The van der Waals surface area contributed by atoms with Crippen LogP contribution in [0.4, 0.5) is 11.4 Å². The molecule has 2 amide bonds. The van der Waals surface area contributed by atoms with Crippen LogP contribution in [-0.4, -0.2) is 30.1 Å². The van der Waals surface area contributed by atoms with Crippen LogP contribution < -0.4 is 16.0 Å². The second-order valence-corrected chi connectivity index (χ2v) is 6.50. The van der Waals surface area contributed by atoms with Gasteiger partial charge in [0.1, 0.15) is 0 Å². The normalized spacial score (nSPS) is 11.7. The lowest BCUT2D eigenvalue weighted by Crippen LogP contribution is -2.33. The highest BCUT2D eigenvalue weighted by Crippen LogP contribution is 2.21. The molecule has 1 atom stereocenters. The zero-order valence-electron chi connectivity index (χ0n) is 16.0. The van der Waals surface area contributed by atoms with Crippen LogP contribution in [0.2, 0.25) is 0 Å². The Kier molecular flexibility index (Phi) is 7.86. The Hall–Kier alpha value is -3.03. The van der Waals surface area contributed by atoms with E-state index < -0.39 is 0 Å². The second-order valence-electron chi connectivity index (χ2n) is 6.09. The SMILES string of the molecule is COC(C)/C=C/C(=O)NC(=S)Nc1ccc(C)c(NC(=O)c2ccccc2)c1. The van der Waals surface area contributed by atoms with Crippen LogP contribution in [-0.2, 0) is 9.53 Å². The Bertz CT molecular complexity index is 882. The number of aryl methyl sites for hydroxylation is 1. The van der Waals surface area contributed by atoms with Crippen molar-refractivity contribution < 1.29 is 14.3 Å². The van der Waals surface area contributed by atoms with Crippen molar-refractivity contribution in [2.75, 3.05) is 17.7 Å². The first-order valence-electron chi connectivity index (χ1n) is 8.69. The fourth-order valence-corrected chi connectivity index (χ4v) is 2.45. The van der Waals surface area contributed by atoms with Crippen molar-refractivity contribution in [1.29, 1.82) is 0 Å². The Morgan fingerprint density at radius 1 is 1.11 bits per heavy atom. The summed E-state index contributed by atoms with van der Waals surface area (Å²) >= 11 is 5.17. The number of anilines is 2. The Balaban J connectivity index is 2.00. The van der Waals surface area contributed by atoms with E-state index in [0.29, 0.717) is 16.9 Å². The number of rotatable bonds is 6. The van der Waals surface area contributed by atoms with Gasteiger partial charge in [-0.05, 0) is 55.9 Å². The summed E-state index contributed by atoms with van der Waals surface area (Å²) in [6.07, 6.45) is 2.82. The first-order chi connectivity index (χ1) is 13.4. The van der Waals surface area contributed by atoms with Gasteiger partial charge in [-0.3, -0.25) is 14.9 Å². The van der Waals surface area contributed by atoms with Gasteiger partial charge in [0.05, 0.1) is 6.10 Å². The van der Waals surface area contributed by atoms with Crippen molar-refractivity contribution in [3.8, 4) is 0 Å². The summed E-state index contributed by atoms with van der Waals surface area (Å²) in [6.45, 7) is 3.71. The zero-order valence-corrected chi connectivity index (χ0v) is 16.8. The van der Waals surface area contributed by atoms with Gasteiger partial charge in [-0.1, -0.05) is 30.3 Å². The average Bonchev–Trinajstić information content (AvgIpc) is 2.69. The molecule has 0 saturated heterocycles. The van der Waals surface area contributed by atoms with E-state index in [1.165, 1.54) is 6.08 Å². The lowest BCUT2D eigenvalue weighted by atomic mass is 10.1. The number of nitrogens with one attached hydrogen (secondary N) is 3. The summed E-state index contributed by atoms with van der Waals surface area (Å²) in [7, 11) is 1.56. The van der Waals surface area contributed by atoms with Crippen LogP contribution in [0.1, 0.15) is 22.8 Å². The molecule has 28 heavy (non-hydrogen) atoms. The van der Waals surface area contributed by atoms with E-state index in [0.717, 1.165) is 5.56 Å². The third-order valence-electron chi connectivity index (χ3n) is 3.91. The van der Waals surface area contributed by atoms with Crippen molar-refractivity contribution in [3.05, 3.63) is 71.8 Å². The minimum absolute atomic E-state index is 0.156. The summed E-state index contributed by atoms with van der Waals surface area (Å²) < 4.78 is 5.04. The lowest BCUT2D eigenvalue weighted by molar-refractivity contribution is -0.115. The van der Waals surface area contributed by atoms with E-state index in [-0.39, 0.29) is 23.0 Å². The minimum atomic E-state index is -0.355. The predicted molar refractivity (Wildman–Crippen MR) is 116 cm³/mol. The van der Waals surface area contributed by atoms with Crippen LogP contribution in [0.3, 0.4) is 0 Å². The number of hydrogen-bond donors (Lipinski definition) is 3. The third kappa shape index (κ3) is 6.61. The van der Waals surface area contributed by atoms with Gasteiger partial charge < -0.3 is 15.4 Å². The van der Waals surface area contributed by atoms with Gasteiger partial charge in [0, 0.05) is 30.1 Å². The molecule has 0 radical (unpaired) electrons. The maximum Gasteiger partial charge on any atom is 0.255 e. The number of carbonyl (C=O) groups is 2. The topological polar surface area (TPSA) is 79.5 Å². The van der Waals surface area contributed by atoms with E-state index in [4.69, 9.17) is 17.0 Å². The smallest absolute Gasteiger partial charge is 0.255 e. The molecule has 146 valence electrons. The molecule has 0 bridgehead atoms. The van der Waals surface area contributed by atoms with Gasteiger partial charge in [-0.2, -0.15) is 0 Å². The predicted octanol–water partition coefficient (Wildman–Crippen LogP) is 3.65. The molecule has 0 saturated carbocycles. The summed E-state index contributed by atoms with van der Waals surface area (Å²) in [5.41, 5.74) is 2.77. The minimum Gasteiger partial charge on any atom is -0.378 e. The van der Waals surface area contributed by atoms with Gasteiger partial charge in [0.2, 0.25) is 5.91 Å². The number of carbonyl (C=O) groups excluding carboxylic acids is 2. The molecule has 0 fully saturated rings. The van der Waals surface area contributed by atoms with Crippen LogP contribution in [0.15, 0.2) is 60.7 Å². The molecule has 2 aromatic carbocycles. The number of hydrogen-bond acceptors (Lipinski definition) is 4. The largest absolute Gasteiger partial charge is 0.378 e. The van der Waals surface area contributed by atoms with Gasteiger partial charge in [-0.15, -0.1) is 0 Å². The molecular weight excluding hydrogens is 374 g/mol. The summed E-state index contributed by atoms with van der Waals surface area (Å²) in [5, 5.41) is 8.54. The van der Waals surface area contributed by atoms with Crippen molar-refractivity contribution in [2.45, 2.75) is 20.0 Å². The van der Waals surface area contributed by atoms with Crippen molar-refractivity contribution in [3.63, 3.8) is 0 Å². The molecule has 0 aliphatic carbocycles. The highest BCUT2D eigenvalue weighted by molar-refractivity contribution is 7.80. The monoisotopic (exact) mass is 397 g/mol. The molecule has 2 aromatic rings. The molecule has 0 aliphatic heterocycles. The fraction of sp³-hybridized carbons (Fsp3) is 0.190. The summed E-state index contributed by atoms with van der Waals surface area (Å²) in [5.74, 6) is -0.555.